The highest BCUT2D eigenvalue weighted by molar-refractivity contribution is 6.00. The highest BCUT2D eigenvalue weighted by Gasteiger charge is 2.39. The van der Waals surface area contributed by atoms with Gasteiger partial charge in [-0.1, -0.05) is 48.5 Å². The number of fused-ring (bicyclic) bond motifs is 1. The second-order valence-electron chi connectivity index (χ2n) is 5.71. The van der Waals surface area contributed by atoms with Crippen molar-refractivity contribution in [2.24, 2.45) is 0 Å². The minimum atomic E-state index is -0.598. The van der Waals surface area contributed by atoms with Crippen LogP contribution in [0.15, 0.2) is 54.6 Å². The minimum Gasteiger partial charge on any atom is -0.342 e. The first-order chi connectivity index (χ1) is 10.1. The predicted octanol–water partition coefficient (Wildman–Crippen LogP) is 2.85. The zero-order valence-corrected chi connectivity index (χ0v) is 11.9. The smallest absolute Gasteiger partial charge is 0.252 e. The van der Waals surface area contributed by atoms with Gasteiger partial charge in [0, 0.05) is 18.4 Å². The molecule has 21 heavy (non-hydrogen) atoms. The average molecular weight is 279 g/mol. The summed E-state index contributed by atoms with van der Waals surface area (Å²) >= 11 is 0. The van der Waals surface area contributed by atoms with Crippen molar-refractivity contribution in [3.05, 3.63) is 71.3 Å². The maximum Gasteiger partial charge on any atom is 0.252 e. The SMILES string of the molecule is CC1(CC(=O)Cc2ccccc2)NC(=O)c2ccccc21. The summed E-state index contributed by atoms with van der Waals surface area (Å²) in [6.45, 7) is 1.92. The molecule has 1 N–H and O–H groups in total. The third kappa shape index (κ3) is 2.59. The molecular weight excluding hydrogens is 262 g/mol. The predicted molar refractivity (Wildman–Crippen MR) is 81.0 cm³/mol. The number of carbonyl (C=O) groups is 2. The average Bonchev–Trinajstić information content (AvgIpc) is 2.72. The normalized spacial score (nSPS) is 20.0. The molecule has 2 aromatic rings. The van der Waals surface area contributed by atoms with Crippen molar-refractivity contribution in [1.82, 2.24) is 5.32 Å². The summed E-state index contributed by atoms with van der Waals surface area (Å²) in [4.78, 5) is 24.3. The summed E-state index contributed by atoms with van der Waals surface area (Å²) in [6, 6.07) is 17.1. The van der Waals surface area contributed by atoms with E-state index in [-0.39, 0.29) is 11.7 Å². The largest absolute Gasteiger partial charge is 0.342 e. The van der Waals surface area contributed by atoms with Crippen molar-refractivity contribution in [2.75, 3.05) is 0 Å². The number of Topliss-reactive ketones (excluding diaryl/α,β-unsaturated/α-hetero) is 1. The van der Waals surface area contributed by atoms with Crippen molar-refractivity contribution in [3.63, 3.8) is 0 Å². The molecule has 0 aliphatic carbocycles. The molecule has 0 aromatic heterocycles. The van der Waals surface area contributed by atoms with E-state index in [2.05, 4.69) is 5.32 Å². The number of carbonyl (C=O) groups excluding carboxylic acids is 2. The summed E-state index contributed by atoms with van der Waals surface area (Å²) in [6.07, 6.45) is 0.707. The van der Waals surface area contributed by atoms with Gasteiger partial charge in [-0.25, -0.2) is 0 Å². The van der Waals surface area contributed by atoms with Gasteiger partial charge < -0.3 is 5.32 Å². The van der Waals surface area contributed by atoms with Crippen LogP contribution in [-0.4, -0.2) is 11.7 Å². The van der Waals surface area contributed by atoms with Crippen LogP contribution in [0.3, 0.4) is 0 Å². The van der Waals surface area contributed by atoms with E-state index in [0.717, 1.165) is 11.1 Å². The van der Waals surface area contributed by atoms with Crippen LogP contribution < -0.4 is 5.32 Å². The number of hydrogen-bond donors (Lipinski definition) is 1. The van der Waals surface area contributed by atoms with E-state index in [1.165, 1.54) is 0 Å². The van der Waals surface area contributed by atoms with Gasteiger partial charge in [-0.15, -0.1) is 0 Å². The van der Waals surface area contributed by atoms with Crippen molar-refractivity contribution in [2.45, 2.75) is 25.3 Å². The maximum absolute atomic E-state index is 12.3. The lowest BCUT2D eigenvalue weighted by molar-refractivity contribution is -0.119. The molecule has 0 fully saturated rings. The van der Waals surface area contributed by atoms with Gasteiger partial charge in [-0.3, -0.25) is 9.59 Å². The van der Waals surface area contributed by atoms with Crippen LogP contribution >= 0.6 is 0 Å². The zero-order chi connectivity index (χ0) is 14.9. The molecule has 2 aromatic carbocycles. The van der Waals surface area contributed by atoms with Gasteiger partial charge in [0.2, 0.25) is 0 Å². The molecule has 1 aliphatic rings. The highest BCUT2D eigenvalue weighted by atomic mass is 16.2. The summed E-state index contributed by atoms with van der Waals surface area (Å²) < 4.78 is 0. The second-order valence-corrected chi connectivity index (χ2v) is 5.71. The minimum absolute atomic E-state index is 0.0967. The standard InChI is InChI=1S/C18H17NO2/c1-18(12-14(20)11-13-7-3-2-4-8-13)16-10-6-5-9-15(16)17(21)19-18/h2-10H,11-12H2,1H3,(H,19,21). The van der Waals surface area contributed by atoms with Gasteiger partial charge in [0.25, 0.3) is 5.91 Å². The monoisotopic (exact) mass is 279 g/mol. The molecular formula is C18H17NO2. The van der Waals surface area contributed by atoms with Crippen molar-refractivity contribution in [1.29, 1.82) is 0 Å². The van der Waals surface area contributed by atoms with Crippen molar-refractivity contribution in [3.8, 4) is 0 Å². The van der Waals surface area contributed by atoms with Crippen LogP contribution in [-0.2, 0) is 16.8 Å². The first-order valence-corrected chi connectivity index (χ1v) is 7.06. The molecule has 0 radical (unpaired) electrons. The van der Waals surface area contributed by atoms with Crippen molar-refractivity contribution >= 4 is 11.7 Å². The molecule has 3 heteroatoms. The van der Waals surface area contributed by atoms with E-state index in [9.17, 15) is 9.59 Å². The third-order valence-corrected chi connectivity index (χ3v) is 3.95. The van der Waals surface area contributed by atoms with E-state index in [4.69, 9.17) is 0 Å². The Kier molecular flexibility index (Phi) is 3.34. The summed E-state index contributed by atoms with van der Waals surface area (Å²) in [5.41, 5.74) is 1.99. The molecule has 0 saturated heterocycles. The molecule has 1 aliphatic heterocycles. The van der Waals surface area contributed by atoms with Gasteiger partial charge in [-0.05, 0) is 24.1 Å². The van der Waals surface area contributed by atoms with Gasteiger partial charge in [0.15, 0.2) is 0 Å². The Hall–Kier alpha value is -2.42. The number of hydrogen-bond acceptors (Lipinski definition) is 2. The second kappa shape index (κ2) is 5.17. The van der Waals surface area contributed by atoms with Crippen LogP contribution in [0.4, 0.5) is 0 Å². The van der Waals surface area contributed by atoms with Crippen molar-refractivity contribution < 1.29 is 9.59 Å². The van der Waals surface area contributed by atoms with E-state index in [1.807, 2.05) is 55.5 Å². The third-order valence-electron chi connectivity index (χ3n) is 3.95. The lowest BCUT2D eigenvalue weighted by Crippen LogP contribution is -2.38. The maximum atomic E-state index is 12.3. The molecule has 1 unspecified atom stereocenters. The highest BCUT2D eigenvalue weighted by Crippen LogP contribution is 2.33. The van der Waals surface area contributed by atoms with Gasteiger partial charge >= 0.3 is 0 Å². The topological polar surface area (TPSA) is 46.2 Å². The Morgan fingerprint density at radius 3 is 2.48 bits per heavy atom. The lowest BCUT2D eigenvalue weighted by atomic mass is 9.86. The van der Waals surface area contributed by atoms with Crippen LogP contribution in [0.2, 0.25) is 0 Å². The summed E-state index contributed by atoms with van der Waals surface area (Å²) in [5, 5.41) is 2.95. The fourth-order valence-electron chi connectivity index (χ4n) is 2.97. The Morgan fingerprint density at radius 1 is 1.05 bits per heavy atom. The van der Waals surface area contributed by atoms with Crippen LogP contribution in [0.5, 0.6) is 0 Å². The van der Waals surface area contributed by atoms with Crippen LogP contribution in [0.25, 0.3) is 0 Å². The van der Waals surface area contributed by atoms with E-state index < -0.39 is 5.54 Å². The summed E-state index contributed by atoms with van der Waals surface area (Å²) in [5.74, 6) is 0.0290. The molecule has 1 atom stereocenters. The van der Waals surface area contributed by atoms with Crippen LogP contribution in [0, 0.1) is 0 Å². The fraction of sp³-hybridized carbons (Fsp3) is 0.222. The Labute approximate surface area is 124 Å². The lowest BCUT2D eigenvalue weighted by Gasteiger charge is -2.24. The fourth-order valence-corrected chi connectivity index (χ4v) is 2.97. The quantitative estimate of drug-likeness (QED) is 0.935. The Morgan fingerprint density at radius 2 is 1.71 bits per heavy atom. The number of benzene rings is 2. The first-order valence-electron chi connectivity index (χ1n) is 7.06. The number of amides is 1. The Bertz CT molecular complexity index is 693. The number of ketones is 1. The molecule has 106 valence electrons. The van der Waals surface area contributed by atoms with E-state index in [0.29, 0.717) is 18.4 Å². The molecule has 0 saturated carbocycles. The van der Waals surface area contributed by atoms with Crippen LogP contribution in [0.1, 0.15) is 34.8 Å². The summed E-state index contributed by atoms with van der Waals surface area (Å²) in [7, 11) is 0. The van der Waals surface area contributed by atoms with E-state index in [1.54, 1.807) is 6.07 Å². The molecule has 1 amide bonds. The molecule has 0 bridgehead atoms. The van der Waals surface area contributed by atoms with E-state index >= 15 is 0 Å². The van der Waals surface area contributed by atoms with Gasteiger partial charge in [-0.2, -0.15) is 0 Å². The molecule has 0 spiro atoms. The molecule has 1 heterocycles. The van der Waals surface area contributed by atoms with Gasteiger partial charge in [0.05, 0.1) is 5.54 Å². The number of nitrogens with one attached hydrogen (secondary N) is 1. The zero-order valence-electron chi connectivity index (χ0n) is 11.9. The number of rotatable bonds is 4. The Balaban J connectivity index is 1.79. The molecule has 3 nitrogen and oxygen atoms in total. The first kappa shape index (κ1) is 13.6. The molecule has 3 rings (SSSR count). The van der Waals surface area contributed by atoms with Gasteiger partial charge in [0.1, 0.15) is 5.78 Å².